The largest absolute Gasteiger partial charge is 0.392 e. The number of rotatable bonds is 6. The lowest BCUT2D eigenvalue weighted by atomic mass is 10.1. The zero-order valence-corrected chi connectivity index (χ0v) is 16.2. The Kier molecular flexibility index (Phi) is 7.54. The average molecular weight is 376 g/mol. The summed E-state index contributed by atoms with van der Waals surface area (Å²) in [7, 11) is 1.70. The molecule has 1 heterocycles. The molecule has 5 nitrogen and oxygen atoms in total. The van der Waals surface area contributed by atoms with Crippen LogP contribution in [0, 0.1) is 11.7 Å². The number of aliphatic hydroxyl groups is 1. The molecular formula is C21H29FN2O3. The summed E-state index contributed by atoms with van der Waals surface area (Å²) in [6.45, 7) is 6.47. The molecule has 1 aliphatic rings. The molecule has 0 bridgehead atoms. The van der Waals surface area contributed by atoms with E-state index in [-0.39, 0.29) is 34.9 Å². The Bertz CT molecular complexity index is 692. The minimum absolute atomic E-state index is 0.0773. The molecule has 0 saturated carbocycles. The molecule has 0 radical (unpaired) electrons. The Morgan fingerprint density at radius 2 is 2.19 bits per heavy atom. The molecule has 1 saturated heterocycles. The molecule has 0 aromatic heterocycles. The van der Waals surface area contributed by atoms with Crippen LogP contribution in [0.3, 0.4) is 0 Å². The SMILES string of the molecule is C=CC(C)CC(=O)N1CCCCC(N(C)C(=O)c2ccc(CO)c(F)c2)C1. The first kappa shape index (κ1) is 21.1. The lowest BCUT2D eigenvalue weighted by Crippen LogP contribution is -2.45. The van der Waals surface area contributed by atoms with Gasteiger partial charge in [-0.25, -0.2) is 4.39 Å². The Balaban J connectivity index is 2.10. The van der Waals surface area contributed by atoms with E-state index < -0.39 is 12.4 Å². The van der Waals surface area contributed by atoms with Crippen molar-refractivity contribution >= 4 is 11.8 Å². The summed E-state index contributed by atoms with van der Waals surface area (Å²) in [5, 5.41) is 9.07. The van der Waals surface area contributed by atoms with Crippen molar-refractivity contribution in [3.63, 3.8) is 0 Å². The predicted octanol–water partition coefficient (Wildman–Crippen LogP) is 2.98. The van der Waals surface area contributed by atoms with Gasteiger partial charge in [-0.15, -0.1) is 6.58 Å². The molecule has 1 N–H and O–H groups in total. The van der Waals surface area contributed by atoms with Crippen molar-refractivity contribution in [2.45, 2.75) is 45.3 Å². The molecule has 2 unspecified atom stereocenters. The first-order valence-electron chi connectivity index (χ1n) is 9.44. The van der Waals surface area contributed by atoms with Gasteiger partial charge in [0.2, 0.25) is 5.91 Å². The van der Waals surface area contributed by atoms with E-state index in [1.807, 2.05) is 11.8 Å². The summed E-state index contributed by atoms with van der Waals surface area (Å²) in [5.41, 5.74) is 0.409. The highest BCUT2D eigenvalue weighted by Gasteiger charge is 2.28. The maximum Gasteiger partial charge on any atom is 0.254 e. The molecule has 1 fully saturated rings. The smallest absolute Gasteiger partial charge is 0.254 e. The molecule has 2 rings (SSSR count). The van der Waals surface area contributed by atoms with Gasteiger partial charge >= 0.3 is 0 Å². The van der Waals surface area contributed by atoms with E-state index >= 15 is 0 Å². The summed E-state index contributed by atoms with van der Waals surface area (Å²) in [5.74, 6) is -0.676. The highest BCUT2D eigenvalue weighted by molar-refractivity contribution is 5.94. The minimum atomic E-state index is -0.590. The molecule has 1 aliphatic heterocycles. The van der Waals surface area contributed by atoms with Crippen molar-refractivity contribution in [1.82, 2.24) is 9.80 Å². The summed E-state index contributed by atoms with van der Waals surface area (Å²) in [6.07, 6.45) is 4.84. The third-order valence-corrected chi connectivity index (χ3v) is 5.24. The number of hydrogen-bond donors (Lipinski definition) is 1. The standard InChI is InChI=1S/C21H29FN2O3/c1-4-15(2)11-20(26)24-10-6-5-7-18(13-24)23(3)21(27)16-8-9-17(14-25)19(22)12-16/h4,8-9,12,15,18,25H,1,5-7,10-11,13-14H2,2-3H3. The van der Waals surface area contributed by atoms with Gasteiger partial charge in [0.25, 0.3) is 5.91 Å². The maximum absolute atomic E-state index is 13.9. The van der Waals surface area contributed by atoms with Crippen molar-refractivity contribution < 1.29 is 19.1 Å². The normalized spacial score (nSPS) is 18.5. The van der Waals surface area contributed by atoms with Crippen LogP contribution in [0.1, 0.15) is 48.5 Å². The van der Waals surface area contributed by atoms with Crippen LogP contribution >= 0.6 is 0 Å². The van der Waals surface area contributed by atoms with Gasteiger partial charge in [0.15, 0.2) is 0 Å². The molecule has 1 aromatic rings. The van der Waals surface area contributed by atoms with Gasteiger partial charge in [-0.1, -0.05) is 19.1 Å². The van der Waals surface area contributed by atoms with E-state index in [0.717, 1.165) is 25.3 Å². The number of likely N-dealkylation sites (N-methyl/N-ethyl adjacent to an activating group) is 1. The predicted molar refractivity (Wildman–Crippen MR) is 103 cm³/mol. The zero-order chi connectivity index (χ0) is 20.0. The number of amides is 2. The fraction of sp³-hybridized carbons (Fsp3) is 0.524. The van der Waals surface area contributed by atoms with E-state index in [0.29, 0.717) is 19.5 Å². The zero-order valence-electron chi connectivity index (χ0n) is 16.2. The van der Waals surface area contributed by atoms with Crippen LogP contribution < -0.4 is 0 Å². The number of carbonyl (C=O) groups is 2. The van der Waals surface area contributed by atoms with Crippen LogP contribution in [0.5, 0.6) is 0 Å². The van der Waals surface area contributed by atoms with Crippen molar-refractivity contribution in [3.8, 4) is 0 Å². The van der Waals surface area contributed by atoms with Crippen molar-refractivity contribution in [2.24, 2.45) is 5.92 Å². The van der Waals surface area contributed by atoms with Crippen molar-refractivity contribution in [2.75, 3.05) is 20.1 Å². The Hall–Kier alpha value is -2.21. The first-order chi connectivity index (χ1) is 12.9. The number of likely N-dealkylation sites (tertiary alicyclic amines) is 1. The molecule has 2 amide bonds. The van der Waals surface area contributed by atoms with E-state index in [4.69, 9.17) is 5.11 Å². The second kappa shape index (κ2) is 9.65. The first-order valence-corrected chi connectivity index (χ1v) is 9.44. The maximum atomic E-state index is 13.9. The molecule has 6 heteroatoms. The van der Waals surface area contributed by atoms with E-state index in [1.54, 1.807) is 18.0 Å². The number of carbonyl (C=O) groups excluding carboxylic acids is 2. The number of halogens is 1. The highest BCUT2D eigenvalue weighted by atomic mass is 19.1. The van der Waals surface area contributed by atoms with Crippen LogP contribution in [-0.4, -0.2) is 52.9 Å². The van der Waals surface area contributed by atoms with Crippen molar-refractivity contribution in [3.05, 3.63) is 47.8 Å². The van der Waals surface area contributed by atoms with Gasteiger partial charge in [0.1, 0.15) is 5.82 Å². The summed E-state index contributed by atoms with van der Waals surface area (Å²) < 4.78 is 13.9. The van der Waals surface area contributed by atoms with E-state index in [2.05, 4.69) is 6.58 Å². The van der Waals surface area contributed by atoms with Crippen LogP contribution in [-0.2, 0) is 11.4 Å². The average Bonchev–Trinajstić information content (AvgIpc) is 2.93. The van der Waals surface area contributed by atoms with Gasteiger partial charge in [-0.3, -0.25) is 9.59 Å². The highest BCUT2D eigenvalue weighted by Crippen LogP contribution is 2.20. The Morgan fingerprint density at radius 1 is 1.44 bits per heavy atom. The topological polar surface area (TPSA) is 60.9 Å². The van der Waals surface area contributed by atoms with Gasteiger partial charge in [-0.2, -0.15) is 0 Å². The molecular weight excluding hydrogens is 347 g/mol. The second-order valence-corrected chi connectivity index (χ2v) is 7.29. The molecule has 0 spiro atoms. The Morgan fingerprint density at radius 3 is 2.81 bits per heavy atom. The quantitative estimate of drug-likeness (QED) is 0.777. The van der Waals surface area contributed by atoms with Gasteiger partial charge in [-0.05, 0) is 37.3 Å². The summed E-state index contributed by atoms with van der Waals surface area (Å²) >= 11 is 0. The third kappa shape index (κ3) is 5.39. The monoisotopic (exact) mass is 376 g/mol. The van der Waals surface area contributed by atoms with Crippen LogP contribution in [0.15, 0.2) is 30.9 Å². The second-order valence-electron chi connectivity index (χ2n) is 7.29. The summed E-state index contributed by atoms with van der Waals surface area (Å²) in [4.78, 5) is 28.8. The number of allylic oxidation sites excluding steroid dienone is 1. The van der Waals surface area contributed by atoms with Crippen LogP contribution in [0.4, 0.5) is 4.39 Å². The Labute approximate surface area is 160 Å². The minimum Gasteiger partial charge on any atom is -0.392 e. The molecule has 2 atom stereocenters. The van der Waals surface area contributed by atoms with Crippen LogP contribution in [0.2, 0.25) is 0 Å². The van der Waals surface area contributed by atoms with E-state index in [9.17, 15) is 14.0 Å². The summed E-state index contributed by atoms with van der Waals surface area (Å²) in [6, 6.07) is 4.01. The lowest BCUT2D eigenvalue weighted by molar-refractivity contribution is -0.132. The van der Waals surface area contributed by atoms with Gasteiger partial charge < -0.3 is 14.9 Å². The molecule has 148 valence electrons. The lowest BCUT2D eigenvalue weighted by Gasteiger charge is -2.31. The third-order valence-electron chi connectivity index (χ3n) is 5.24. The fourth-order valence-electron chi connectivity index (χ4n) is 3.33. The van der Waals surface area contributed by atoms with Gasteiger partial charge in [0, 0.05) is 43.7 Å². The van der Waals surface area contributed by atoms with E-state index in [1.165, 1.54) is 12.1 Å². The van der Waals surface area contributed by atoms with Gasteiger partial charge in [0.05, 0.1) is 6.61 Å². The van der Waals surface area contributed by atoms with Crippen LogP contribution in [0.25, 0.3) is 0 Å². The number of benzene rings is 1. The van der Waals surface area contributed by atoms with Crippen molar-refractivity contribution in [1.29, 1.82) is 0 Å². The molecule has 27 heavy (non-hydrogen) atoms. The molecule has 1 aromatic carbocycles. The number of aliphatic hydroxyl groups excluding tert-OH is 1. The fourth-order valence-corrected chi connectivity index (χ4v) is 3.33. The molecule has 0 aliphatic carbocycles. The number of hydrogen-bond acceptors (Lipinski definition) is 3. The number of nitrogens with zero attached hydrogens (tertiary/aromatic N) is 2.